The molecule has 2 heterocycles. The van der Waals surface area contributed by atoms with Crippen LogP contribution in [0.5, 0.6) is 5.75 Å². The van der Waals surface area contributed by atoms with Crippen molar-refractivity contribution in [3.05, 3.63) is 65.7 Å². The van der Waals surface area contributed by atoms with Crippen molar-refractivity contribution in [3.63, 3.8) is 0 Å². The SMILES string of the molecule is C#C.C#C.C#C.CCC.COc1cccc([C@@H]2C[NH2+]CC2C(=O)N2CCCCC2)c1CCC(F)F.c1ccccc1. The molecule has 224 valence electrons. The summed E-state index contributed by atoms with van der Waals surface area (Å²) in [5.41, 5.74) is 1.85. The van der Waals surface area contributed by atoms with Crippen LogP contribution in [-0.2, 0) is 11.2 Å². The van der Waals surface area contributed by atoms with Crippen molar-refractivity contribution in [2.24, 2.45) is 5.92 Å². The van der Waals surface area contributed by atoms with Gasteiger partial charge in [0.05, 0.1) is 32.0 Å². The average Bonchev–Trinajstić information content (AvgIpc) is 3.54. The first kappa shape index (κ1) is 39.4. The highest BCUT2D eigenvalue weighted by Crippen LogP contribution is 2.35. The van der Waals surface area contributed by atoms with Gasteiger partial charge in [0.1, 0.15) is 5.75 Å². The fourth-order valence-corrected chi connectivity index (χ4v) is 4.78. The summed E-state index contributed by atoms with van der Waals surface area (Å²) in [5, 5.41) is 2.17. The largest absolute Gasteiger partial charge is 0.496 e. The Morgan fingerprint density at radius 1 is 0.902 bits per heavy atom. The number of carbonyl (C=O) groups is 1. The fraction of sp³-hybridized carbons (Fsp3) is 0.457. The van der Waals surface area contributed by atoms with Crippen LogP contribution >= 0.6 is 0 Å². The van der Waals surface area contributed by atoms with Gasteiger partial charge >= 0.3 is 0 Å². The quantitative estimate of drug-likeness (QED) is 0.433. The number of nitrogens with two attached hydrogens (primary N) is 1. The maximum Gasteiger partial charge on any atom is 0.239 e. The maximum absolute atomic E-state index is 13.1. The van der Waals surface area contributed by atoms with E-state index >= 15 is 0 Å². The first-order valence-corrected chi connectivity index (χ1v) is 14.1. The number of terminal acetylenes is 3. The lowest BCUT2D eigenvalue weighted by molar-refractivity contribution is -0.638. The van der Waals surface area contributed by atoms with E-state index in [1.54, 1.807) is 7.11 Å². The van der Waals surface area contributed by atoms with E-state index in [4.69, 9.17) is 4.74 Å². The zero-order valence-corrected chi connectivity index (χ0v) is 25.1. The number of quaternary nitrogens is 1. The number of halogens is 2. The molecule has 2 atom stereocenters. The van der Waals surface area contributed by atoms with E-state index in [0.29, 0.717) is 5.75 Å². The Kier molecular flexibility index (Phi) is 25.4. The van der Waals surface area contributed by atoms with Crippen LogP contribution in [-0.4, -0.2) is 50.5 Å². The van der Waals surface area contributed by atoms with Crippen LogP contribution < -0.4 is 10.1 Å². The molecule has 6 heteroatoms. The molecule has 1 unspecified atom stereocenters. The summed E-state index contributed by atoms with van der Waals surface area (Å²) in [5.74, 6) is 0.864. The predicted octanol–water partition coefficient (Wildman–Crippen LogP) is 6.03. The van der Waals surface area contributed by atoms with Crippen LogP contribution in [0.2, 0.25) is 0 Å². The topological polar surface area (TPSA) is 46.1 Å². The van der Waals surface area contributed by atoms with E-state index in [1.807, 2.05) is 59.5 Å². The smallest absolute Gasteiger partial charge is 0.239 e. The summed E-state index contributed by atoms with van der Waals surface area (Å²) in [6.07, 6.45) is 26.3. The Morgan fingerprint density at radius 3 is 1.88 bits per heavy atom. The predicted molar refractivity (Wildman–Crippen MR) is 168 cm³/mol. The monoisotopic (exact) mass is 567 g/mol. The molecule has 2 aromatic carbocycles. The number of hydrogen-bond acceptors (Lipinski definition) is 2. The number of carbonyl (C=O) groups excluding carboxylic acids is 1. The second-order valence-electron chi connectivity index (χ2n) is 9.18. The lowest BCUT2D eigenvalue weighted by atomic mass is 9.83. The van der Waals surface area contributed by atoms with Crippen LogP contribution in [0.1, 0.15) is 63.0 Å². The van der Waals surface area contributed by atoms with Gasteiger partial charge in [-0.3, -0.25) is 4.79 Å². The Hall–Kier alpha value is -3.79. The number of hydrogen-bond donors (Lipinski definition) is 1. The van der Waals surface area contributed by atoms with Gasteiger partial charge < -0.3 is 15.0 Å². The molecular weight excluding hydrogens is 518 g/mol. The highest BCUT2D eigenvalue weighted by molar-refractivity contribution is 5.80. The summed E-state index contributed by atoms with van der Waals surface area (Å²) < 4.78 is 31.0. The number of rotatable bonds is 6. The molecule has 0 aromatic heterocycles. The first-order chi connectivity index (χ1) is 20.0. The van der Waals surface area contributed by atoms with Crippen molar-refractivity contribution >= 4 is 5.91 Å². The minimum atomic E-state index is -2.34. The van der Waals surface area contributed by atoms with Crippen molar-refractivity contribution in [1.29, 1.82) is 0 Å². The summed E-state index contributed by atoms with van der Waals surface area (Å²) in [6, 6.07) is 17.7. The van der Waals surface area contributed by atoms with Gasteiger partial charge in [-0.05, 0) is 42.9 Å². The maximum atomic E-state index is 13.1. The average molecular weight is 568 g/mol. The van der Waals surface area contributed by atoms with Crippen LogP contribution in [0.15, 0.2) is 54.6 Å². The second kappa shape index (κ2) is 26.4. The van der Waals surface area contributed by atoms with Crippen molar-refractivity contribution < 1.29 is 23.6 Å². The van der Waals surface area contributed by atoms with Crippen LogP contribution in [0.25, 0.3) is 0 Å². The van der Waals surface area contributed by atoms with E-state index < -0.39 is 6.43 Å². The second-order valence-corrected chi connectivity index (χ2v) is 9.18. The highest BCUT2D eigenvalue weighted by Gasteiger charge is 2.41. The van der Waals surface area contributed by atoms with Crippen LogP contribution in [0.4, 0.5) is 8.78 Å². The summed E-state index contributed by atoms with van der Waals surface area (Å²) in [4.78, 5) is 15.1. The molecule has 4 nitrogen and oxygen atoms in total. The van der Waals surface area contributed by atoms with E-state index in [9.17, 15) is 13.6 Å². The number of piperidine rings is 1. The standard InChI is InChI=1S/C20H28F2N2O2.C6H6.C3H8.3C2H2/c1-26-18-7-5-6-14(15(18)8-9-19(21)22)16-12-23-13-17(16)20(25)24-10-3-2-4-11-24;1-2-4-6-5-3-1;1-3-2;3*1-2/h5-7,16-17,19,23H,2-4,8-13H2,1H3;1-6H;3H2,1-2H3;3*1-2H/p+1/t16-,17?;;;;;/m0...../s1. The Balaban J connectivity index is 0. The van der Waals surface area contributed by atoms with Crippen molar-refractivity contribution in [3.8, 4) is 44.3 Å². The molecule has 1 amide bonds. The van der Waals surface area contributed by atoms with Gasteiger partial charge in [-0.1, -0.05) is 68.8 Å². The highest BCUT2D eigenvalue weighted by atomic mass is 19.3. The molecule has 0 spiro atoms. The number of amides is 1. The van der Waals surface area contributed by atoms with Gasteiger partial charge in [0, 0.05) is 19.5 Å². The molecule has 0 bridgehead atoms. The van der Waals surface area contributed by atoms with Gasteiger partial charge in [0.2, 0.25) is 12.3 Å². The van der Waals surface area contributed by atoms with E-state index in [2.05, 4.69) is 57.7 Å². The molecule has 2 N–H and O–H groups in total. The zero-order chi connectivity index (χ0) is 31.5. The molecule has 2 aliphatic rings. The third-order valence-corrected chi connectivity index (χ3v) is 6.38. The number of methoxy groups -OCH3 is 1. The number of benzene rings is 2. The third kappa shape index (κ3) is 15.0. The van der Waals surface area contributed by atoms with E-state index in [1.165, 1.54) is 12.8 Å². The Labute approximate surface area is 248 Å². The molecule has 2 aliphatic heterocycles. The molecule has 0 saturated carbocycles. The van der Waals surface area contributed by atoms with Gasteiger partial charge in [-0.25, -0.2) is 8.78 Å². The van der Waals surface area contributed by atoms with E-state index in [-0.39, 0.29) is 30.6 Å². The van der Waals surface area contributed by atoms with Gasteiger partial charge in [-0.2, -0.15) is 0 Å². The van der Waals surface area contributed by atoms with Gasteiger partial charge in [0.15, 0.2) is 0 Å². The minimum absolute atomic E-state index is 0.0622. The molecule has 2 saturated heterocycles. The van der Waals surface area contributed by atoms with Gasteiger partial charge in [0.25, 0.3) is 0 Å². The molecule has 41 heavy (non-hydrogen) atoms. The molecule has 2 fully saturated rings. The summed E-state index contributed by atoms with van der Waals surface area (Å²) in [6.45, 7) is 7.53. The lowest BCUT2D eigenvalue weighted by Gasteiger charge is -2.30. The molecule has 0 radical (unpaired) electrons. The van der Waals surface area contributed by atoms with Gasteiger partial charge in [-0.15, -0.1) is 38.5 Å². The molecule has 2 aromatic rings. The number of ether oxygens (including phenoxy) is 1. The number of nitrogens with zero attached hydrogens (tertiary/aromatic N) is 1. The molecular formula is C35H49F2N2O2+. The van der Waals surface area contributed by atoms with Crippen molar-refractivity contribution in [1.82, 2.24) is 4.90 Å². The minimum Gasteiger partial charge on any atom is -0.496 e. The van der Waals surface area contributed by atoms with Crippen molar-refractivity contribution in [2.75, 3.05) is 33.3 Å². The normalized spacial score (nSPS) is 16.6. The summed E-state index contributed by atoms with van der Waals surface area (Å²) in [7, 11) is 1.57. The molecule has 4 rings (SSSR count). The van der Waals surface area contributed by atoms with Crippen molar-refractivity contribution in [2.45, 2.75) is 64.7 Å². The first-order valence-electron chi connectivity index (χ1n) is 14.1. The summed E-state index contributed by atoms with van der Waals surface area (Å²) >= 11 is 0. The Morgan fingerprint density at radius 2 is 1.41 bits per heavy atom. The van der Waals surface area contributed by atoms with Crippen LogP contribution in [0, 0.1) is 44.5 Å². The van der Waals surface area contributed by atoms with E-state index in [0.717, 1.165) is 50.1 Å². The zero-order valence-electron chi connectivity index (χ0n) is 25.1. The number of likely N-dealkylation sites (tertiary alicyclic amines) is 1. The third-order valence-electron chi connectivity index (χ3n) is 6.38. The molecule has 0 aliphatic carbocycles. The number of alkyl halides is 2. The van der Waals surface area contributed by atoms with Crippen LogP contribution in [0.3, 0.4) is 0 Å². The lowest BCUT2D eigenvalue weighted by Crippen LogP contribution is -2.81. The Bertz CT molecular complexity index is 926. The fourth-order valence-electron chi connectivity index (χ4n) is 4.78.